The Balaban J connectivity index is 1.51. The van der Waals surface area contributed by atoms with Crippen molar-refractivity contribution in [2.45, 2.75) is 32.8 Å². The van der Waals surface area contributed by atoms with Crippen LogP contribution in [0.15, 0.2) is 83.8 Å². The van der Waals surface area contributed by atoms with Gasteiger partial charge in [0.2, 0.25) is 5.88 Å². The first-order chi connectivity index (χ1) is 18.0. The third-order valence-corrected chi connectivity index (χ3v) is 6.49. The first kappa shape index (κ1) is 24.5. The summed E-state index contributed by atoms with van der Waals surface area (Å²) in [5.41, 5.74) is 5.39. The highest BCUT2D eigenvalue weighted by Crippen LogP contribution is 2.32. The molecule has 5 aromatic rings. The van der Waals surface area contributed by atoms with Crippen molar-refractivity contribution in [2.24, 2.45) is 7.05 Å². The number of unbranched alkanes of at least 4 members (excludes halogenated alkanes) is 1. The number of ether oxygens (including phenoxy) is 1. The summed E-state index contributed by atoms with van der Waals surface area (Å²) in [5, 5.41) is 13.2. The molecule has 3 aromatic carbocycles. The van der Waals surface area contributed by atoms with E-state index in [1.54, 1.807) is 11.7 Å². The maximum Gasteiger partial charge on any atom is 0.368 e. The number of aryl methyl sites for hydroxylation is 2. The van der Waals surface area contributed by atoms with Crippen molar-refractivity contribution in [1.82, 2.24) is 29.6 Å². The molecule has 8 nitrogen and oxygen atoms in total. The lowest BCUT2D eigenvalue weighted by molar-refractivity contribution is 0.291. The van der Waals surface area contributed by atoms with Gasteiger partial charge < -0.3 is 4.74 Å². The lowest BCUT2D eigenvalue weighted by Crippen LogP contribution is -2.22. The van der Waals surface area contributed by atoms with E-state index in [-0.39, 0.29) is 5.69 Å². The van der Waals surface area contributed by atoms with Crippen molar-refractivity contribution in [3.05, 3.63) is 106 Å². The van der Waals surface area contributed by atoms with E-state index in [0.29, 0.717) is 23.2 Å². The second-order valence-corrected chi connectivity index (χ2v) is 9.16. The molecular formula is C28H27ClN6O2. The molecule has 0 aliphatic rings. The maximum atomic E-state index is 12.7. The van der Waals surface area contributed by atoms with Gasteiger partial charge in [0.05, 0.1) is 11.4 Å². The molecule has 0 unspecified atom stereocenters. The van der Waals surface area contributed by atoms with E-state index in [1.165, 1.54) is 14.9 Å². The Morgan fingerprint density at radius 1 is 0.919 bits per heavy atom. The lowest BCUT2D eigenvalue weighted by Gasteiger charge is -2.17. The molecule has 0 fully saturated rings. The topological polar surface area (TPSA) is 79.8 Å². The average molecular weight is 515 g/mol. The zero-order valence-electron chi connectivity index (χ0n) is 20.7. The second kappa shape index (κ2) is 10.8. The smallest absolute Gasteiger partial charge is 0.368 e. The van der Waals surface area contributed by atoms with E-state index in [0.717, 1.165) is 41.6 Å². The summed E-state index contributed by atoms with van der Waals surface area (Å²) in [6.45, 7) is 2.51. The summed E-state index contributed by atoms with van der Waals surface area (Å²) in [4.78, 5) is 12.7. The largest absolute Gasteiger partial charge is 0.472 e. The third kappa shape index (κ3) is 5.20. The van der Waals surface area contributed by atoms with Crippen LogP contribution < -0.4 is 10.4 Å². The van der Waals surface area contributed by atoms with Crippen LogP contribution in [0.2, 0.25) is 5.02 Å². The molecule has 0 radical (unpaired) electrons. The fourth-order valence-corrected chi connectivity index (χ4v) is 4.40. The molecule has 5 rings (SSSR count). The van der Waals surface area contributed by atoms with Crippen LogP contribution in [0.25, 0.3) is 22.5 Å². The van der Waals surface area contributed by atoms with Gasteiger partial charge in [-0.1, -0.05) is 61.3 Å². The Bertz CT molecular complexity index is 1570. The Morgan fingerprint density at radius 2 is 1.70 bits per heavy atom. The average Bonchev–Trinajstić information content (AvgIpc) is 3.53. The van der Waals surface area contributed by atoms with E-state index in [1.807, 2.05) is 60.8 Å². The first-order valence-electron chi connectivity index (χ1n) is 12.2. The Labute approximate surface area is 219 Å². The summed E-state index contributed by atoms with van der Waals surface area (Å²) >= 11 is 6.02. The molecule has 188 valence electrons. The van der Waals surface area contributed by atoms with Crippen molar-refractivity contribution in [3.63, 3.8) is 0 Å². The van der Waals surface area contributed by atoms with Crippen molar-refractivity contribution in [3.8, 4) is 28.4 Å². The van der Waals surface area contributed by atoms with Gasteiger partial charge in [-0.25, -0.2) is 9.48 Å². The molecule has 0 aliphatic heterocycles. The van der Waals surface area contributed by atoms with Crippen molar-refractivity contribution < 1.29 is 4.74 Å². The molecule has 2 heterocycles. The van der Waals surface area contributed by atoms with E-state index in [4.69, 9.17) is 16.3 Å². The number of hydrogen-bond donors (Lipinski definition) is 0. The fourth-order valence-electron chi connectivity index (χ4n) is 4.28. The zero-order valence-corrected chi connectivity index (χ0v) is 21.5. The molecule has 0 N–H and O–H groups in total. The highest BCUT2D eigenvalue weighted by molar-refractivity contribution is 6.30. The Hall–Kier alpha value is -4.17. The van der Waals surface area contributed by atoms with Crippen molar-refractivity contribution in [2.75, 3.05) is 0 Å². The molecule has 0 bridgehead atoms. The van der Waals surface area contributed by atoms with Crippen LogP contribution in [-0.2, 0) is 20.1 Å². The second-order valence-electron chi connectivity index (χ2n) is 8.72. The highest BCUT2D eigenvalue weighted by atomic mass is 35.5. The van der Waals surface area contributed by atoms with Crippen LogP contribution in [0.4, 0.5) is 0 Å². The predicted octanol–water partition coefficient (Wildman–Crippen LogP) is 5.39. The van der Waals surface area contributed by atoms with E-state index in [9.17, 15) is 4.79 Å². The number of tetrazole rings is 1. The summed E-state index contributed by atoms with van der Waals surface area (Å²) in [6, 6.07) is 23.3. The third-order valence-electron chi connectivity index (χ3n) is 6.24. The van der Waals surface area contributed by atoms with Gasteiger partial charge in [-0.2, -0.15) is 9.36 Å². The monoisotopic (exact) mass is 514 g/mol. The number of para-hydroxylation sites is 1. The van der Waals surface area contributed by atoms with Crippen molar-refractivity contribution in [1.29, 1.82) is 0 Å². The molecule has 2 aromatic heterocycles. The van der Waals surface area contributed by atoms with Gasteiger partial charge in [0.1, 0.15) is 6.61 Å². The van der Waals surface area contributed by atoms with Gasteiger partial charge in [0.15, 0.2) is 0 Å². The number of benzene rings is 3. The van der Waals surface area contributed by atoms with Crippen LogP contribution in [0.1, 0.15) is 30.9 Å². The van der Waals surface area contributed by atoms with Gasteiger partial charge >= 0.3 is 5.69 Å². The molecule has 0 atom stereocenters. The van der Waals surface area contributed by atoms with Crippen molar-refractivity contribution >= 4 is 11.6 Å². The fraction of sp³-hybridized carbons (Fsp3) is 0.214. The lowest BCUT2D eigenvalue weighted by atomic mass is 9.92. The minimum atomic E-state index is -0.305. The molecule has 0 saturated carbocycles. The number of hydrogen-bond acceptors (Lipinski definition) is 5. The standard InChI is InChI=1S/C28H27ClN6O2/c1-3-4-8-20-9-7-11-23(24-10-5-6-12-26(24)35-28(36)33(2)31-32-35)25(20)19-37-27-17-18-34(30-27)22-15-13-21(29)14-16-22/h5-7,9-18H,3-4,8,19H2,1-2H3. The molecular weight excluding hydrogens is 488 g/mol. The van der Waals surface area contributed by atoms with Crippen LogP contribution in [0.5, 0.6) is 5.88 Å². The minimum absolute atomic E-state index is 0.305. The molecule has 0 aliphatic carbocycles. The van der Waals surface area contributed by atoms with Gasteiger partial charge in [0.25, 0.3) is 0 Å². The number of rotatable bonds is 9. The molecule has 37 heavy (non-hydrogen) atoms. The van der Waals surface area contributed by atoms with E-state index >= 15 is 0 Å². The number of aromatic nitrogens is 6. The van der Waals surface area contributed by atoms with E-state index < -0.39 is 0 Å². The number of halogens is 1. The Morgan fingerprint density at radius 3 is 2.46 bits per heavy atom. The molecule has 0 amide bonds. The van der Waals surface area contributed by atoms with Crippen LogP contribution in [-0.4, -0.2) is 29.6 Å². The normalized spacial score (nSPS) is 11.1. The summed E-state index contributed by atoms with van der Waals surface area (Å²) < 4.78 is 10.5. The Kier molecular flexibility index (Phi) is 7.18. The predicted molar refractivity (Wildman–Crippen MR) is 144 cm³/mol. The van der Waals surface area contributed by atoms with Crippen LogP contribution in [0.3, 0.4) is 0 Å². The SMILES string of the molecule is CCCCc1cccc(-c2ccccc2-n2nnn(C)c2=O)c1COc1ccn(-c2ccc(Cl)cc2)n1. The molecule has 0 spiro atoms. The van der Waals surface area contributed by atoms with Crippen LogP contribution in [0, 0.1) is 0 Å². The van der Waals surface area contributed by atoms with Gasteiger partial charge in [-0.15, -0.1) is 5.10 Å². The molecule has 0 saturated heterocycles. The first-order valence-corrected chi connectivity index (χ1v) is 12.6. The van der Waals surface area contributed by atoms with Gasteiger partial charge in [-0.3, -0.25) is 0 Å². The number of nitrogens with zero attached hydrogens (tertiary/aromatic N) is 6. The minimum Gasteiger partial charge on any atom is -0.472 e. The summed E-state index contributed by atoms with van der Waals surface area (Å²) in [5.74, 6) is 0.518. The summed E-state index contributed by atoms with van der Waals surface area (Å²) in [7, 11) is 1.59. The highest BCUT2D eigenvalue weighted by Gasteiger charge is 2.17. The quantitative estimate of drug-likeness (QED) is 0.263. The molecule has 9 heteroatoms. The van der Waals surface area contributed by atoms with Gasteiger partial charge in [-0.05, 0) is 64.7 Å². The zero-order chi connectivity index (χ0) is 25.8. The van der Waals surface area contributed by atoms with Gasteiger partial charge in [0, 0.05) is 35.5 Å². The van der Waals surface area contributed by atoms with Crippen LogP contribution >= 0.6 is 11.6 Å². The maximum absolute atomic E-state index is 12.7. The van der Waals surface area contributed by atoms with E-state index in [2.05, 4.69) is 40.6 Å². The summed E-state index contributed by atoms with van der Waals surface area (Å²) in [6.07, 6.45) is 4.93.